The number of carbonyl (C=O) groups is 2. The lowest BCUT2D eigenvalue weighted by atomic mass is 9.96. The first-order valence-electron chi connectivity index (χ1n) is 11.6. The number of carbonyl (C=O) groups excluding carboxylic acids is 2. The molecule has 39 heavy (non-hydrogen) atoms. The van der Waals surface area contributed by atoms with Crippen LogP contribution in [0.5, 0.6) is 11.5 Å². The highest BCUT2D eigenvalue weighted by molar-refractivity contribution is 7.49. The second-order valence-corrected chi connectivity index (χ2v) is 11.0. The Morgan fingerprint density at radius 2 is 1.56 bits per heavy atom. The Morgan fingerprint density at radius 3 is 2.05 bits per heavy atom. The Hall–Kier alpha value is -2.86. The molecule has 4 rings (SSSR count). The molecule has 2 aromatic rings. The van der Waals surface area contributed by atoms with Crippen molar-refractivity contribution >= 4 is 31.1 Å². The molecule has 14 heteroatoms. The second-order valence-electron chi connectivity index (χ2n) is 9.11. The lowest BCUT2D eigenvalue weighted by molar-refractivity contribution is -0.200. The maximum absolute atomic E-state index is 14.5. The number of phosphoric ester groups is 1. The number of halogens is 3. The van der Waals surface area contributed by atoms with Gasteiger partial charge in [-0.3, -0.25) is 19.0 Å². The van der Waals surface area contributed by atoms with E-state index in [1.54, 1.807) is 38.1 Å². The van der Waals surface area contributed by atoms with Gasteiger partial charge in [-0.25, -0.2) is 13.3 Å². The van der Waals surface area contributed by atoms with Crippen molar-refractivity contribution in [2.24, 2.45) is 0 Å². The topological polar surface area (TPSA) is 132 Å². The van der Waals surface area contributed by atoms with Crippen molar-refractivity contribution in [3.63, 3.8) is 0 Å². The van der Waals surface area contributed by atoms with Gasteiger partial charge in [-0.15, -0.1) is 0 Å². The van der Waals surface area contributed by atoms with Crippen LogP contribution in [0.25, 0.3) is 0 Å². The zero-order valence-corrected chi connectivity index (χ0v) is 22.4. The van der Waals surface area contributed by atoms with Gasteiger partial charge in [0.05, 0.1) is 13.0 Å². The molecule has 0 spiro atoms. The molecule has 1 saturated heterocycles. The van der Waals surface area contributed by atoms with Gasteiger partial charge in [0.15, 0.2) is 17.6 Å². The van der Waals surface area contributed by atoms with E-state index in [1.165, 1.54) is 24.3 Å². The van der Waals surface area contributed by atoms with E-state index in [0.29, 0.717) is 4.90 Å². The number of hydrogen-bond donors (Lipinski definition) is 2. The zero-order chi connectivity index (χ0) is 28.5. The number of amides is 1. The minimum atomic E-state index is -4.72. The van der Waals surface area contributed by atoms with E-state index >= 15 is 0 Å². The summed E-state index contributed by atoms with van der Waals surface area (Å²) in [4.78, 5) is 24.7. The van der Waals surface area contributed by atoms with E-state index in [-0.39, 0.29) is 11.5 Å². The summed E-state index contributed by atoms with van der Waals surface area (Å²) in [6.45, 7) is 2.33. The molecular weight excluding hydrogens is 563 g/mol. The number of phosphoric acid groups is 1. The van der Waals surface area contributed by atoms with Crippen molar-refractivity contribution < 1.29 is 51.5 Å². The number of alkyl halides is 2. The first-order valence-corrected chi connectivity index (χ1v) is 13.5. The van der Waals surface area contributed by atoms with Gasteiger partial charge in [-0.2, -0.15) is 0 Å². The van der Waals surface area contributed by atoms with E-state index < -0.39 is 68.0 Å². The van der Waals surface area contributed by atoms with E-state index in [1.807, 2.05) is 0 Å². The van der Waals surface area contributed by atoms with Crippen LogP contribution in [-0.4, -0.2) is 63.9 Å². The summed E-state index contributed by atoms with van der Waals surface area (Å²) in [5.41, 5.74) is -1.26. The molecule has 210 valence electrons. The van der Waals surface area contributed by atoms with Crippen molar-refractivity contribution in [1.29, 1.82) is 0 Å². The average molecular weight is 588 g/mol. The number of ketones is 1. The van der Waals surface area contributed by atoms with Crippen LogP contribution >= 0.6 is 19.4 Å². The quantitative estimate of drug-likeness (QED) is 0.332. The number of ether oxygens (including phenoxy) is 1. The molecule has 0 aromatic heterocycles. The molecule has 4 atom stereocenters. The Kier molecular flexibility index (Phi) is 8.46. The third-order valence-corrected chi connectivity index (χ3v) is 7.77. The van der Waals surface area contributed by atoms with E-state index in [4.69, 9.17) is 29.9 Å². The van der Waals surface area contributed by atoms with Gasteiger partial charge in [-0.1, -0.05) is 47.0 Å². The summed E-state index contributed by atoms with van der Waals surface area (Å²) in [6, 6.07) is 12.5. The number of Topliss-reactive ketones (excluding diaryl/α,β-unsaturated/α-hetero) is 1. The molecule has 2 heterocycles. The van der Waals surface area contributed by atoms with E-state index in [9.17, 15) is 33.1 Å². The fraction of sp³-hybridized carbons (Fsp3) is 0.360. The Labute approximate surface area is 227 Å². The smallest absolute Gasteiger partial charge is 0.395 e. The molecule has 0 radical (unpaired) electrons. The number of allylic oxidation sites excluding steroid dienone is 1. The van der Waals surface area contributed by atoms with Gasteiger partial charge in [-0.05, 0) is 38.1 Å². The molecule has 1 amide bonds. The maximum atomic E-state index is 14.5. The minimum Gasteiger partial charge on any atom is -0.395 e. The van der Waals surface area contributed by atoms with E-state index in [0.717, 1.165) is 17.3 Å². The first kappa shape index (κ1) is 29.1. The molecule has 2 aliphatic rings. The molecule has 2 aliphatic heterocycles. The minimum absolute atomic E-state index is 0.0382. The standard InChI is InChI=1S/C25H25ClF2NO9P/c1-14-3-7-16(8-4-14)37-39(34,38-17-9-5-15(2)6-10-17)35-13-25(24(27)28)22(33)21(32)23(36-25)29-12-18(26)19(30)11-20(29)31/h3-10,12,21-24,32-33H,11,13H2,1-2H3/t21-,22-,23-,25-/m1/s1. The van der Waals surface area contributed by atoms with Gasteiger partial charge in [0.25, 0.3) is 6.43 Å². The fourth-order valence-corrected chi connectivity index (χ4v) is 5.33. The Balaban J connectivity index is 1.62. The third kappa shape index (κ3) is 6.16. The summed E-state index contributed by atoms with van der Waals surface area (Å²) in [5, 5.41) is 20.8. The fourth-order valence-electron chi connectivity index (χ4n) is 3.90. The number of aliphatic hydroxyl groups excluding tert-OH is 2. The molecule has 0 unspecified atom stereocenters. The van der Waals surface area contributed by atoms with Crippen LogP contribution in [0.2, 0.25) is 0 Å². The van der Waals surface area contributed by atoms with Gasteiger partial charge >= 0.3 is 7.82 Å². The highest BCUT2D eigenvalue weighted by Crippen LogP contribution is 2.52. The Bertz CT molecular complexity index is 1260. The SMILES string of the molecule is Cc1ccc(OP(=O)(OC[C@@]2(C(F)F)O[C@@H](N3C=C(Cl)C(=O)CC3=O)[C@H](O)[C@H]2O)Oc2ccc(C)cc2)cc1. The largest absolute Gasteiger partial charge is 0.587 e. The van der Waals surface area contributed by atoms with Gasteiger partial charge < -0.3 is 24.0 Å². The van der Waals surface area contributed by atoms with Gasteiger partial charge in [0.2, 0.25) is 5.91 Å². The van der Waals surface area contributed by atoms with Crippen LogP contribution in [0, 0.1) is 13.8 Å². The number of nitrogens with zero attached hydrogens (tertiary/aromatic N) is 1. The number of benzene rings is 2. The maximum Gasteiger partial charge on any atom is 0.587 e. The van der Waals surface area contributed by atoms with Crippen molar-refractivity contribution in [3.8, 4) is 11.5 Å². The summed E-state index contributed by atoms with van der Waals surface area (Å²) >= 11 is 5.79. The summed E-state index contributed by atoms with van der Waals surface area (Å²) in [6.07, 6.45) is -9.64. The van der Waals surface area contributed by atoms with Gasteiger partial charge in [0.1, 0.15) is 28.7 Å². The van der Waals surface area contributed by atoms with Crippen molar-refractivity contribution in [2.75, 3.05) is 6.61 Å². The zero-order valence-electron chi connectivity index (χ0n) is 20.7. The van der Waals surface area contributed by atoms with Crippen LogP contribution in [0.15, 0.2) is 59.8 Å². The summed E-state index contributed by atoms with van der Waals surface area (Å²) in [5.74, 6) is -1.54. The molecule has 1 fully saturated rings. The van der Waals surface area contributed by atoms with Crippen LogP contribution in [0.1, 0.15) is 17.5 Å². The highest BCUT2D eigenvalue weighted by atomic mass is 35.5. The Morgan fingerprint density at radius 1 is 1.05 bits per heavy atom. The summed E-state index contributed by atoms with van der Waals surface area (Å²) in [7, 11) is -4.72. The molecule has 10 nitrogen and oxygen atoms in total. The molecule has 0 saturated carbocycles. The number of hydrogen-bond acceptors (Lipinski definition) is 9. The molecule has 0 bridgehead atoms. The van der Waals surface area contributed by atoms with Crippen LogP contribution < -0.4 is 9.05 Å². The normalized spacial score (nSPS) is 25.7. The van der Waals surface area contributed by atoms with Gasteiger partial charge in [0, 0.05) is 6.20 Å². The molecule has 0 aliphatic carbocycles. The van der Waals surface area contributed by atoms with Crippen LogP contribution in [0.3, 0.4) is 0 Å². The van der Waals surface area contributed by atoms with Crippen LogP contribution in [0.4, 0.5) is 8.78 Å². The van der Waals surface area contributed by atoms with E-state index in [2.05, 4.69) is 0 Å². The predicted molar refractivity (Wildman–Crippen MR) is 133 cm³/mol. The average Bonchev–Trinajstić information content (AvgIpc) is 3.14. The van der Waals surface area contributed by atoms with Crippen molar-refractivity contribution in [1.82, 2.24) is 4.90 Å². The van der Waals surface area contributed by atoms with Crippen LogP contribution in [-0.2, 0) is 23.4 Å². The molecule has 2 aromatic carbocycles. The predicted octanol–water partition coefficient (Wildman–Crippen LogP) is 3.85. The first-order chi connectivity index (χ1) is 18.3. The lowest BCUT2D eigenvalue weighted by Crippen LogP contribution is -2.52. The summed E-state index contributed by atoms with van der Waals surface area (Å²) < 4.78 is 64.2. The lowest BCUT2D eigenvalue weighted by Gasteiger charge is -2.33. The molecular formula is C25H25ClF2NO9P. The molecule has 2 N–H and O–H groups in total. The highest BCUT2D eigenvalue weighted by Gasteiger charge is 2.63. The number of aliphatic hydroxyl groups is 2. The second kappa shape index (κ2) is 11.3. The van der Waals surface area contributed by atoms with Crippen molar-refractivity contribution in [3.05, 3.63) is 70.9 Å². The monoisotopic (exact) mass is 587 g/mol. The third-order valence-electron chi connectivity index (χ3n) is 6.14. The van der Waals surface area contributed by atoms with Crippen molar-refractivity contribution in [2.45, 2.75) is 50.7 Å². The number of rotatable bonds is 9. The number of aryl methyl sites for hydroxylation is 2.